The lowest BCUT2D eigenvalue weighted by atomic mass is 10.1. The van der Waals surface area contributed by atoms with Crippen molar-refractivity contribution in [2.45, 2.75) is 11.1 Å². The van der Waals surface area contributed by atoms with E-state index in [4.69, 9.17) is 9.66 Å². The second-order valence-electron chi connectivity index (χ2n) is 4.99. The zero-order valence-corrected chi connectivity index (χ0v) is 13.3. The molecule has 2 aromatic carbocycles. The van der Waals surface area contributed by atoms with Gasteiger partial charge in [-0.25, -0.2) is 8.75 Å². The van der Waals surface area contributed by atoms with Crippen molar-refractivity contribution in [3.05, 3.63) is 66.2 Å². The second-order valence-corrected chi connectivity index (χ2v) is 6.27. The molecule has 4 nitrogen and oxygen atoms in total. The van der Waals surface area contributed by atoms with Crippen molar-refractivity contribution in [1.29, 1.82) is 0 Å². The lowest BCUT2D eigenvalue weighted by Gasteiger charge is -2.07. The molecule has 1 heterocycles. The van der Waals surface area contributed by atoms with Crippen LogP contribution < -0.4 is 5.14 Å². The molecule has 0 fully saturated rings. The first-order valence-corrected chi connectivity index (χ1v) is 8.17. The van der Waals surface area contributed by atoms with E-state index in [1.54, 1.807) is 6.07 Å². The Hall–Kier alpha value is -2.52. The maximum absolute atomic E-state index is 13.3. The number of nitrogens with zero attached hydrogens (tertiary/aromatic N) is 2. The molecule has 130 valence electrons. The van der Waals surface area contributed by atoms with Gasteiger partial charge in [-0.2, -0.15) is 13.2 Å². The van der Waals surface area contributed by atoms with E-state index in [0.29, 0.717) is 16.2 Å². The molecular weight excluding hydrogens is 358 g/mol. The Labute approximate surface area is 142 Å². The molecule has 0 spiro atoms. The molecule has 0 saturated heterocycles. The lowest BCUT2D eigenvalue weighted by molar-refractivity contribution is -0.137. The van der Waals surface area contributed by atoms with Crippen LogP contribution in [0.5, 0.6) is 0 Å². The van der Waals surface area contributed by atoms with Crippen LogP contribution in [0.4, 0.5) is 23.2 Å². The van der Waals surface area contributed by atoms with Gasteiger partial charge in [0.2, 0.25) is 0 Å². The van der Waals surface area contributed by atoms with Gasteiger partial charge in [-0.15, -0.1) is 0 Å². The summed E-state index contributed by atoms with van der Waals surface area (Å²) in [5.41, 5.74) is 0.279. The topological polar surface area (TPSA) is 64.4 Å². The van der Waals surface area contributed by atoms with Crippen molar-refractivity contribution >= 4 is 16.6 Å². The summed E-state index contributed by atoms with van der Waals surface area (Å²) in [6.07, 6.45) is -3.17. The van der Waals surface area contributed by atoms with Gasteiger partial charge in [0.15, 0.2) is 6.26 Å². The highest BCUT2D eigenvalue weighted by molar-refractivity contribution is 7.85. The molecule has 2 N–H and O–H groups in total. The molecular formula is C16H11F4N3OS. The van der Waals surface area contributed by atoms with Crippen molar-refractivity contribution in [2.75, 3.05) is 0 Å². The summed E-state index contributed by atoms with van der Waals surface area (Å²) in [5.74, 6) is -0.444. The van der Waals surface area contributed by atoms with Gasteiger partial charge in [0.1, 0.15) is 17.2 Å². The summed E-state index contributed by atoms with van der Waals surface area (Å²) in [5, 5.41) is 9.74. The van der Waals surface area contributed by atoms with E-state index in [9.17, 15) is 17.6 Å². The zero-order chi connectivity index (χ0) is 18.0. The van der Waals surface area contributed by atoms with Gasteiger partial charge in [0.05, 0.1) is 5.56 Å². The molecule has 0 saturated carbocycles. The Morgan fingerprint density at radius 3 is 2.44 bits per heavy atom. The Morgan fingerprint density at radius 1 is 1.08 bits per heavy atom. The Balaban J connectivity index is 1.92. The van der Waals surface area contributed by atoms with Crippen LogP contribution in [-0.4, -0.2) is 5.16 Å². The number of hydrogen-bond donors (Lipinski definition) is 1. The van der Waals surface area contributed by atoms with Crippen LogP contribution in [0.25, 0.3) is 11.3 Å². The number of halogens is 4. The SMILES string of the molecule is NS(=Nc1conc1-c1cccc(F)c1)c1ccc(C(F)(F)F)cc1. The van der Waals surface area contributed by atoms with E-state index in [0.717, 1.165) is 12.1 Å². The molecule has 3 aromatic rings. The van der Waals surface area contributed by atoms with Crippen molar-refractivity contribution in [2.24, 2.45) is 9.50 Å². The molecule has 25 heavy (non-hydrogen) atoms. The Bertz CT molecular complexity index is 920. The van der Waals surface area contributed by atoms with E-state index in [1.165, 1.54) is 36.6 Å². The fourth-order valence-corrected chi connectivity index (χ4v) is 2.94. The molecule has 3 rings (SSSR count). The Kier molecular flexibility index (Phi) is 4.69. The maximum atomic E-state index is 13.3. The highest BCUT2D eigenvalue weighted by atomic mass is 32.2. The van der Waals surface area contributed by atoms with Gasteiger partial charge in [-0.1, -0.05) is 17.3 Å². The van der Waals surface area contributed by atoms with E-state index < -0.39 is 28.4 Å². The predicted molar refractivity (Wildman–Crippen MR) is 85.2 cm³/mol. The number of alkyl halides is 3. The third-order valence-electron chi connectivity index (χ3n) is 3.27. The van der Waals surface area contributed by atoms with Crippen molar-refractivity contribution in [1.82, 2.24) is 5.16 Å². The van der Waals surface area contributed by atoms with Gasteiger partial charge < -0.3 is 4.52 Å². The highest BCUT2D eigenvalue weighted by Gasteiger charge is 2.30. The predicted octanol–water partition coefficient (Wildman–Crippen LogP) is 4.87. The van der Waals surface area contributed by atoms with E-state index in [1.807, 2.05) is 0 Å². The van der Waals surface area contributed by atoms with Gasteiger partial charge >= 0.3 is 6.18 Å². The minimum absolute atomic E-state index is 0.288. The number of hydrogen-bond acceptors (Lipinski definition) is 3. The summed E-state index contributed by atoms with van der Waals surface area (Å²) >= 11 is 0. The monoisotopic (exact) mass is 369 g/mol. The first kappa shape index (κ1) is 17.3. The summed E-state index contributed by atoms with van der Waals surface area (Å²) in [7, 11) is -1.22. The molecule has 0 aliphatic carbocycles. The zero-order valence-electron chi connectivity index (χ0n) is 12.5. The molecule has 0 aliphatic rings. The Morgan fingerprint density at radius 2 is 1.80 bits per heavy atom. The standard InChI is InChI=1S/C16H11F4N3OS/c17-12-3-1-2-10(8-12)15-14(9-24-22-15)23-25(21)13-6-4-11(5-7-13)16(18,19)20/h1-9H,(H2,21,23). The van der Waals surface area contributed by atoms with Crippen LogP contribution in [-0.2, 0) is 17.1 Å². The summed E-state index contributed by atoms with van der Waals surface area (Å²) in [4.78, 5) is 0.416. The summed E-state index contributed by atoms with van der Waals surface area (Å²) < 4.78 is 60.2. The smallest absolute Gasteiger partial charge is 0.362 e. The average molecular weight is 369 g/mol. The van der Waals surface area contributed by atoms with Crippen LogP contribution in [0.15, 0.2) is 68.6 Å². The molecule has 0 bridgehead atoms. The van der Waals surface area contributed by atoms with E-state index in [-0.39, 0.29) is 5.69 Å². The third kappa shape index (κ3) is 3.94. The maximum Gasteiger partial charge on any atom is 0.416 e. The number of aromatic nitrogens is 1. The van der Waals surface area contributed by atoms with Gasteiger partial charge in [-0.05, 0) is 36.4 Å². The van der Waals surface area contributed by atoms with Crippen LogP contribution in [0, 0.1) is 5.82 Å². The van der Waals surface area contributed by atoms with Crippen molar-refractivity contribution in [3.63, 3.8) is 0 Å². The molecule has 1 aromatic heterocycles. The molecule has 0 amide bonds. The summed E-state index contributed by atoms with van der Waals surface area (Å²) in [6, 6.07) is 10.1. The number of nitrogens with two attached hydrogens (primary N) is 1. The first-order valence-electron chi connectivity index (χ1n) is 6.93. The quantitative estimate of drug-likeness (QED) is 0.670. The third-order valence-corrected chi connectivity index (χ3v) is 4.42. The van der Waals surface area contributed by atoms with Crippen LogP contribution in [0.2, 0.25) is 0 Å². The van der Waals surface area contributed by atoms with Crippen LogP contribution in [0.3, 0.4) is 0 Å². The number of benzene rings is 2. The fourth-order valence-electron chi connectivity index (χ4n) is 2.07. The molecule has 0 radical (unpaired) electrons. The largest absolute Gasteiger partial charge is 0.416 e. The van der Waals surface area contributed by atoms with Gasteiger partial charge in [-0.3, -0.25) is 5.14 Å². The molecule has 1 unspecified atom stereocenters. The van der Waals surface area contributed by atoms with Crippen molar-refractivity contribution in [3.8, 4) is 11.3 Å². The first-order chi connectivity index (χ1) is 11.8. The second kappa shape index (κ2) is 6.77. The van der Waals surface area contributed by atoms with Gasteiger partial charge in [0.25, 0.3) is 0 Å². The highest BCUT2D eigenvalue weighted by Crippen LogP contribution is 2.31. The van der Waals surface area contributed by atoms with Gasteiger partial charge in [0, 0.05) is 21.3 Å². The molecule has 1 atom stereocenters. The minimum Gasteiger partial charge on any atom is -0.362 e. The minimum atomic E-state index is -4.41. The van der Waals surface area contributed by atoms with E-state index >= 15 is 0 Å². The summed E-state index contributed by atoms with van der Waals surface area (Å²) in [6.45, 7) is 0. The molecule has 0 aliphatic heterocycles. The van der Waals surface area contributed by atoms with E-state index in [2.05, 4.69) is 9.52 Å². The number of rotatable bonds is 3. The van der Waals surface area contributed by atoms with Crippen LogP contribution in [0.1, 0.15) is 5.56 Å². The fraction of sp³-hybridized carbons (Fsp3) is 0.0625. The molecule has 9 heteroatoms. The normalized spacial score (nSPS) is 13.2. The van der Waals surface area contributed by atoms with Crippen molar-refractivity contribution < 1.29 is 22.1 Å². The van der Waals surface area contributed by atoms with Crippen LogP contribution >= 0.6 is 0 Å². The lowest BCUT2D eigenvalue weighted by Crippen LogP contribution is -2.06. The average Bonchev–Trinajstić information content (AvgIpc) is 3.02.